The molecule has 0 aliphatic carbocycles. The second kappa shape index (κ2) is 5.14. The minimum absolute atomic E-state index is 0.0959. The largest absolute Gasteiger partial charge is 0.389 e. The summed E-state index contributed by atoms with van der Waals surface area (Å²) in [4.78, 5) is 0. The lowest BCUT2D eigenvalue weighted by molar-refractivity contribution is -0.136. The second-order valence-electron chi connectivity index (χ2n) is 3.40. The highest BCUT2D eigenvalue weighted by molar-refractivity contribution is 9.10. The number of rotatable bonds is 3. The smallest absolute Gasteiger partial charge is 0.324 e. The summed E-state index contributed by atoms with van der Waals surface area (Å²) in [5, 5.41) is 0. The van der Waals surface area contributed by atoms with Gasteiger partial charge in [-0.1, -0.05) is 12.1 Å². The van der Waals surface area contributed by atoms with Gasteiger partial charge in [-0.25, -0.2) is 4.39 Å². The molecule has 1 aromatic rings. The summed E-state index contributed by atoms with van der Waals surface area (Å²) in [6, 6.07) is 3.45. The van der Waals surface area contributed by atoms with Crippen molar-refractivity contribution < 1.29 is 17.6 Å². The van der Waals surface area contributed by atoms with Crippen molar-refractivity contribution in [2.75, 3.05) is 0 Å². The Kier molecular flexibility index (Phi) is 4.32. The summed E-state index contributed by atoms with van der Waals surface area (Å²) >= 11 is 2.95. The number of hydrogen-bond donors (Lipinski definition) is 1. The minimum atomic E-state index is -4.26. The van der Waals surface area contributed by atoms with E-state index in [-0.39, 0.29) is 16.5 Å². The van der Waals surface area contributed by atoms with E-state index in [1.165, 1.54) is 18.2 Å². The van der Waals surface area contributed by atoms with E-state index in [0.717, 1.165) is 0 Å². The van der Waals surface area contributed by atoms with E-state index >= 15 is 0 Å². The van der Waals surface area contributed by atoms with Gasteiger partial charge in [0.05, 0.1) is 4.47 Å². The van der Waals surface area contributed by atoms with Crippen molar-refractivity contribution in [3.05, 3.63) is 34.1 Å². The van der Waals surface area contributed by atoms with Crippen molar-refractivity contribution >= 4 is 15.9 Å². The van der Waals surface area contributed by atoms with Crippen LogP contribution in [0.5, 0.6) is 0 Å². The first-order valence-electron chi connectivity index (χ1n) is 4.57. The zero-order valence-electron chi connectivity index (χ0n) is 8.19. The monoisotopic (exact) mass is 299 g/mol. The molecule has 0 unspecified atom stereocenters. The Morgan fingerprint density at radius 2 is 1.94 bits per heavy atom. The van der Waals surface area contributed by atoms with Gasteiger partial charge in [-0.05, 0) is 28.4 Å². The standard InChI is InChI=1S/C10H10BrF4N/c11-7-3-1-2-6(9(7)12)8(16)4-5-10(13,14)15/h1-3,8H,4-5,16H2/t8-/m0/s1. The zero-order valence-corrected chi connectivity index (χ0v) is 9.78. The molecule has 0 aromatic heterocycles. The van der Waals surface area contributed by atoms with Crippen LogP contribution >= 0.6 is 15.9 Å². The fraction of sp³-hybridized carbons (Fsp3) is 0.400. The molecule has 0 heterocycles. The van der Waals surface area contributed by atoms with Gasteiger partial charge in [0.2, 0.25) is 0 Å². The third-order valence-electron chi connectivity index (χ3n) is 2.12. The number of hydrogen-bond acceptors (Lipinski definition) is 1. The van der Waals surface area contributed by atoms with Crippen LogP contribution in [-0.2, 0) is 0 Å². The zero-order chi connectivity index (χ0) is 12.3. The molecule has 0 saturated carbocycles. The molecule has 0 radical (unpaired) electrons. The number of halogens is 5. The van der Waals surface area contributed by atoms with E-state index in [9.17, 15) is 17.6 Å². The molecule has 16 heavy (non-hydrogen) atoms. The predicted molar refractivity (Wildman–Crippen MR) is 56.3 cm³/mol. The first-order valence-corrected chi connectivity index (χ1v) is 5.37. The first kappa shape index (κ1) is 13.4. The van der Waals surface area contributed by atoms with Gasteiger partial charge in [0.15, 0.2) is 0 Å². The number of alkyl halides is 3. The van der Waals surface area contributed by atoms with Crippen LogP contribution in [0.15, 0.2) is 22.7 Å². The fourth-order valence-corrected chi connectivity index (χ4v) is 1.66. The molecule has 0 saturated heterocycles. The first-order chi connectivity index (χ1) is 7.31. The van der Waals surface area contributed by atoms with E-state index in [2.05, 4.69) is 15.9 Å². The molecular formula is C10H10BrF4N. The van der Waals surface area contributed by atoms with Gasteiger partial charge in [-0.3, -0.25) is 0 Å². The van der Waals surface area contributed by atoms with E-state index in [1.54, 1.807) is 0 Å². The maximum absolute atomic E-state index is 13.5. The van der Waals surface area contributed by atoms with Gasteiger partial charge in [-0.2, -0.15) is 13.2 Å². The van der Waals surface area contributed by atoms with Crippen molar-refractivity contribution in [2.24, 2.45) is 5.73 Å². The summed E-state index contributed by atoms with van der Waals surface area (Å²) < 4.78 is 49.5. The average Bonchev–Trinajstić information content (AvgIpc) is 2.17. The lowest BCUT2D eigenvalue weighted by Gasteiger charge is -2.14. The number of nitrogens with two attached hydrogens (primary N) is 1. The van der Waals surface area contributed by atoms with Gasteiger partial charge >= 0.3 is 6.18 Å². The molecule has 0 amide bonds. The Bertz CT molecular complexity index is 364. The summed E-state index contributed by atoms with van der Waals surface area (Å²) in [7, 11) is 0. The number of benzene rings is 1. The quantitative estimate of drug-likeness (QED) is 0.841. The average molecular weight is 300 g/mol. The SMILES string of the molecule is N[C@@H](CCC(F)(F)F)c1cccc(Br)c1F. The molecule has 0 aliphatic heterocycles. The summed E-state index contributed by atoms with van der Waals surface area (Å²) in [6.45, 7) is 0. The van der Waals surface area contributed by atoms with Crippen LogP contribution in [0.25, 0.3) is 0 Å². The predicted octanol–water partition coefficient (Wildman–Crippen LogP) is 3.93. The topological polar surface area (TPSA) is 26.0 Å². The second-order valence-corrected chi connectivity index (χ2v) is 4.26. The van der Waals surface area contributed by atoms with Crippen molar-refractivity contribution in [3.8, 4) is 0 Å². The van der Waals surface area contributed by atoms with Crippen LogP contribution < -0.4 is 5.73 Å². The van der Waals surface area contributed by atoms with E-state index < -0.39 is 24.5 Å². The Hall–Kier alpha value is -0.620. The van der Waals surface area contributed by atoms with Crippen LogP contribution in [0.4, 0.5) is 17.6 Å². The third kappa shape index (κ3) is 3.75. The molecule has 0 fully saturated rings. The molecule has 6 heteroatoms. The minimum Gasteiger partial charge on any atom is -0.324 e. The molecule has 2 N–H and O–H groups in total. The Morgan fingerprint density at radius 3 is 2.50 bits per heavy atom. The van der Waals surface area contributed by atoms with Crippen molar-refractivity contribution in [3.63, 3.8) is 0 Å². The fourth-order valence-electron chi connectivity index (χ4n) is 1.28. The Balaban J connectivity index is 2.73. The van der Waals surface area contributed by atoms with Crippen LogP contribution in [0.3, 0.4) is 0 Å². The molecular weight excluding hydrogens is 290 g/mol. The van der Waals surface area contributed by atoms with Crippen LogP contribution in [0.2, 0.25) is 0 Å². The molecule has 0 aliphatic rings. The lowest BCUT2D eigenvalue weighted by atomic mass is 10.0. The molecule has 1 aromatic carbocycles. The Labute approximate surface area is 98.8 Å². The van der Waals surface area contributed by atoms with Crippen LogP contribution in [-0.4, -0.2) is 6.18 Å². The third-order valence-corrected chi connectivity index (χ3v) is 2.73. The van der Waals surface area contributed by atoms with Gasteiger partial charge in [0, 0.05) is 18.0 Å². The highest BCUT2D eigenvalue weighted by atomic mass is 79.9. The van der Waals surface area contributed by atoms with E-state index in [0.29, 0.717) is 0 Å². The molecule has 0 bridgehead atoms. The normalized spacial score (nSPS) is 13.9. The summed E-state index contributed by atoms with van der Waals surface area (Å²) in [6.07, 6.45) is -5.60. The molecule has 1 nitrogen and oxygen atoms in total. The van der Waals surface area contributed by atoms with Crippen LogP contribution in [0.1, 0.15) is 24.4 Å². The molecule has 1 atom stereocenters. The summed E-state index contributed by atoms with van der Waals surface area (Å²) in [5.41, 5.74) is 5.61. The van der Waals surface area contributed by atoms with Gasteiger partial charge < -0.3 is 5.73 Å². The highest BCUT2D eigenvalue weighted by Gasteiger charge is 2.28. The van der Waals surface area contributed by atoms with Crippen LogP contribution in [0, 0.1) is 5.82 Å². The van der Waals surface area contributed by atoms with Crippen molar-refractivity contribution in [2.45, 2.75) is 25.1 Å². The lowest BCUT2D eigenvalue weighted by Crippen LogP contribution is -2.17. The van der Waals surface area contributed by atoms with E-state index in [4.69, 9.17) is 5.73 Å². The maximum atomic E-state index is 13.5. The van der Waals surface area contributed by atoms with Crippen molar-refractivity contribution in [1.29, 1.82) is 0 Å². The molecule has 1 rings (SSSR count). The highest BCUT2D eigenvalue weighted by Crippen LogP contribution is 2.29. The van der Waals surface area contributed by atoms with Gasteiger partial charge in [0.1, 0.15) is 5.82 Å². The van der Waals surface area contributed by atoms with Gasteiger partial charge in [0.25, 0.3) is 0 Å². The maximum Gasteiger partial charge on any atom is 0.389 e. The van der Waals surface area contributed by atoms with E-state index in [1.807, 2.05) is 0 Å². The van der Waals surface area contributed by atoms with Crippen molar-refractivity contribution in [1.82, 2.24) is 0 Å². The van der Waals surface area contributed by atoms with Gasteiger partial charge in [-0.15, -0.1) is 0 Å². The summed E-state index contributed by atoms with van der Waals surface area (Å²) in [5.74, 6) is -0.600. The molecule has 0 spiro atoms. The molecule has 90 valence electrons. The Morgan fingerprint density at radius 1 is 1.31 bits per heavy atom.